The van der Waals surface area contributed by atoms with Crippen LogP contribution >= 0.6 is 27.3 Å². The highest BCUT2D eigenvalue weighted by Crippen LogP contribution is 2.45. The normalized spacial score (nSPS) is 13.0. The summed E-state index contributed by atoms with van der Waals surface area (Å²) in [4.78, 5) is 1.89. The Morgan fingerprint density at radius 1 is 1.00 bits per heavy atom. The van der Waals surface area contributed by atoms with Crippen LogP contribution in [-0.2, 0) is 6.42 Å². The maximum Gasteiger partial charge on any atom is 0.134 e. The maximum atomic E-state index is 14.1. The zero-order valence-electron chi connectivity index (χ0n) is 11.9. The predicted octanol–water partition coefficient (Wildman–Crippen LogP) is 6.06. The average Bonchev–Trinajstić information content (AvgIpc) is 2.85. The summed E-state index contributed by atoms with van der Waals surface area (Å²) in [6, 6.07) is 11.6. The first-order valence-corrected chi connectivity index (χ1v) is 8.73. The van der Waals surface area contributed by atoms with Crippen LogP contribution in [0.2, 0.25) is 0 Å². The molecule has 0 radical (unpaired) electrons. The molecule has 0 spiro atoms. The summed E-state index contributed by atoms with van der Waals surface area (Å²) >= 11 is 5.00. The van der Waals surface area contributed by atoms with Crippen molar-refractivity contribution in [1.82, 2.24) is 0 Å². The topological polar surface area (TPSA) is 9.23 Å². The predicted molar refractivity (Wildman–Crippen MR) is 92.0 cm³/mol. The molecule has 0 saturated carbocycles. The van der Waals surface area contributed by atoms with Crippen LogP contribution in [0.5, 0.6) is 5.75 Å². The summed E-state index contributed by atoms with van der Waals surface area (Å²) in [5.74, 6) is -0.265. The van der Waals surface area contributed by atoms with Crippen molar-refractivity contribution in [3.8, 4) is 26.6 Å². The summed E-state index contributed by atoms with van der Waals surface area (Å²) in [5, 5.41) is 0. The Hall–Kier alpha value is -1.72. The lowest BCUT2D eigenvalue weighted by Gasteiger charge is -2.07. The minimum absolute atomic E-state index is 0.432. The minimum Gasteiger partial charge on any atom is -0.493 e. The van der Waals surface area contributed by atoms with E-state index in [9.17, 15) is 8.78 Å². The van der Waals surface area contributed by atoms with E-state index in [-0.39, 0.29) is 0 Å². The van der Waals surface area contributed by atoms with Gasteiger partial charge in [-0.2, -0.15) is 0 Å². The largest absolute Gasteiger partial charge is 0.493 e. The smallest absolute Gasteiger partial charge is 0.134 e. The summed E-state index contributed by atoms with van der Waals surface area (Å²) < 4.78 is 34.0. The summed E-state index contributed by atoms with van der Waals surface area (Å²) in [6.45, 7) is 0.587. The van der Waals surface area contributed by atoms with Gasteiger partial charge in [0.15, 0.2) is 0 Å². The van der Waals surface area contributed by atoms with E-state index < -0.39 is 11.6 Å². The van der Waals surface area contributed by atoms with E-state index in [1.54, 1.807) is 0 Å². The van der Waals surface area contributed by atoms with Gasteiger partial charge < -0.3 is 4.74 Å². The van der Waals surface area contributed by atoms with Crippen molar-refractivity contribution in [2.24, 2.45) is 0 Å². The molecule has 23 heavy (non-hydrogen) atoms. The third kappa shape index (κ3) is 2.68. The molecule has 0 N–H and O–H groups in total. The van der Waals surface area contributed by atoms with Gasteiger partial charge in [0.25, 0.3) is 0 Å². The van der Waals surface area contributed by atoms with Crippen molar-refractivity contribution in [2.45, 2.75) is 6.42 Å². The Kier molecular flexibility index (Phi) is 3.70. The molecule has 0 saturated heterocycles. The Bertz CT molecular complexity index is 904. The zero-order chi connectivity index (χ0) is 16.0. The maximum absolute atomic E-state index is 14.1. The Morgan fingerprint density at radius 2 is 1.87 bits per heavy atom. The minimum atomic E-state index is -0.563. The summed E-state index contributed by atoms with van der Waals surface area (Å²) in [6.07, 6.45) is 0.765. The number of halogens is 3. The Labute approximate surface area is 144 Å². The Balaban J connectivity index is 1.89. The number of fused-ring (bicyclic) bond motifs is 3. The van der Waals surface area contributed by atoms with Gasteiger partial charge in [-0.05, 0) is 42.0 Å². The monoisotopic (exact) mass is 392 g/mol. The molecule has 0 atom stereocenters. The van der Waals surface area contributed by atoms with E-state index in [1.165, 1.54) is 23.5 Å². The van der Waals surface area contributed by atoms with Crippen LogP contribution < -0.4 is 4.74 Å². The van der Waals surface area contributed by atoms with Gasteiger partial charge >= 0.3 is 0 Å². The number of rotatable bonds is 1. The van der Waals surface area contributed by atoms with Crippen molar-refractivity contribution in [1.29, 1.82) is 0 Å². The standard InChI is InChI=1S/C18H11BrF2OS/c19-11-1-4-16-14(8-11)18-10(5-6-22-16)7-17(23-18)13-3-2-12(20)9-15(13)21/h1-4,7-9H,5-6H2. The molecule has 0 fully saturated rings. The lowest BCUT2D eigenvalue weighted by Crippen LogP contribution is -1.98. The van der Waals surface area contributed by atoms with Gasteiger partial charge in [0.1, 0.15) is 17.4 Å². The molecule has 2 heterocycles. The van der Waals surface area contributed by atoms with Crippen LogP contribution in [0.3, 0.4) is 0 Å². The SMILES string of the molecule is Fc1ccc(-c2cc3c(s2)-c2cc(Br)ccc2OCC3)c(F)c1. The summed E-state index contributed by atoms with van der Waals surface area (Å²) in [7, 11) is 0. The number of benzene rings is 2. The van der Waals surface area contributed by atoms with Crippen molar-refractivity contribution in [3.63, 3.8) is 0 Å². The molecule has 3 aromatic rings. The molecule has 1 nitrogen and oxygen atoms in total. The molecule has 4 rings (SSSR count). The number of ether oxygens (including phenoxy) is 1. The van der Waals surface area contributed by atoms with Crippen molar-refractivity contribution in [2.75, 3.05) is 6.61 Å². The molecule has 5 heteroatoms. The Morgan fingerprint density at radius 3 is 2.70 bits per heavy atom. The zero-order valence-corrected chi connectivity index (χ0v) is 14.3. The quantitative estimate of drug-likeness (QED) is 0.489. The molecular formula is C18H11BrF2OS. The second-order valence-electron chi connectivity index (χ2n) is 5.33. The average molecular weight is 393 g/mol. The molecule has 0 aliphatic carbocycles. The molecule has 0 bridgehead atoms. The van der Waals surface area contributed by atoms with Crippen molar-refractivity contribution >= 4 is 27.3 Å². The van der Waals surface area contributed by atoms with E-state index in [0.29, 0.717) is 12.2 Å². The lowest BCUT2D eigenvalue weighted by molar-refractivity contribution is 0.326. The van der Waals surface area contributed by atoms with Gasteiger partial charge in [-0.1, -0.05) is 15.9 Å². The molecule has 1 aromatic heterocycles. The molecule has 116 valence electrons. The van der Waals surface area contributed by atoms with Gasteiger partial charge in [0.2, 0.25) is 0 Å². The van der Waals surface area contributed by atoms with Gasteiger partial charge in [-0.15, -0.1) is 11.3 Å². The van der Waals surface area contributed by atoms with E-state index in [1.807, 2.05) is 24.3 Å². The highest BCUT2D eigenvalue weighted by molar-refractivity contribution is 9.10. The molecular weight excluding hydrogens is 382 g/mol. The van der Waals surface area contributed by atoms with E-state index >= 15 is 0 Å². The van der Waals surface area contributed by atoms with Gasteiger partial charge in [0, 0.05) is 37.8 Å². The molecule has 1 aliphatic heterocycles. The van der Waals surface area contributed by atoms with Crippen molar-refractivity contribution in [3.05, 3.63) is 64.1 Å². The van der Waals surface area contributed by atoms with Crippen LogP contribution in [0, 0.1) is 11.6 Å². The number of thiophene rings is 1. The highest BCUT2D eigenvalue weighted by atomic mass is 79.9. The van der Waals surface area contributed by atoms with Crippen LogP contribution in [0.15, 0.2) is 46.9 Å². The van der Waals surface area contributed by atoms with Gasteiger partial charge in [0.05, 0.1) is 6.61 Å². The third-order valence-corrected chi connectivity index (χ3v) is 5.56. The van der Waals surface area contributed by atoms with Crippen LogP contribution in [0.4, 0.5) is 8.78 Å². The fourth-order valence-electron chi connectivity index (χ4n) is 2.74. The van der Waals surface area contributed by atoms with Crippen LogP contribution in [0.1, 0.15) is 5.56 Å². The van der Waals surface area contributed by atoms with Crippen LogP contribution in [-0.4, -0.2) is 6.61 Å². The second kappa shape index (κ2) is 5.73. The number of hydrogen-bond donors (Lipinski definition) is 0. The molecule has 0 amide bonds. The fraction of sp³-hybridized carbons (Fsp3) is 0.111. The number of hydrogen-bond acceptors (Lipinski definition) is 2. The lowest BCUT2D eigenvalue weighted by atomic mass is 10.1. The molecule has 2 aromatic carbocycles. The van der Waals surface area contributed by atoms with Gasteiger partial charge in [-0.3, -0.25) is 0 Å². The first kappa shape index (κ1) is 14.8. The van der Waals surface area contributed by atoms with Gasteiger partial charge in [-0.25, -0.2) is 8.78 Å². The molecule has 0 unspecified atom stereocenters. The molecule has 1 aliphatic rings. The first-order chi connectivity index (χ1) is 11.1. The first-order valence-electron chi connectivity index (χ1n) is 7.12. The summed E-state index contributed by atoms with van der Waals surface area (Å²) in [5.41, 5.74) is 2.57. The van der Waals surface area contributed by atoms with Crippen molar-refractivity contribution < 1.29 is 13.5 Å². The highest BCUT2D eigenvalue weighted by Gasteiger charge is 2.20. The van der Waals surface area contributed by atoms with E-state index in [4.69, 9.17) is 4.74 Å². The van der Waals surface area contributed by atoms with Crippen LogP contribution in [0.25, 0.3) is 20.9 Å². The fourth-order valence-corrected chi connectivity index (χ4v) is 4.36. The van der Waals surface area contributed by atoms with E-state index in [2.05, 4.69) is 15.9 Å². The third-order valence-electron chi connectivity index (χ3n) is 3.82. The second-order valence-corrected chi connectivity index (χ2v) is 7.30. The van der Waals surface area contributed by atoms with E-state index in [0.717, 1.165) is 43.6 Å².